The molecular formula is C11H11NO4. The molecule has 1 aromatic heterocycles. The van der Waals surface area contributed by atoms with Crippen molar-refractivity contribution < 1.29 is 19.4 Å². The monoisotopic (exact) mass is 221 g/mol. The summed E-state index contributed by atoms with van der Waals surface area (Å²) in [6.45, 7) is 6.48. The fourth-order valence-corrected chi connectivity index (χ4v) is 0.980. The number of aryl methyl sites for hydroxylation is 1. The Labute approximate surface area is 92.4 Å². The van der Waals surface area contributed by atoms with Gasteiger partial charge in [0, 0.05) is 5.57 Å². The molecule has 0 aliphatic heterocycles. The van der Waals surface area contributed by atoms with Crippen LogP contribution in [0.15, 0.2) is 24.4 Å². The lowest BCUT2D eigenvalue weighted by atomic mass is 10.2. The van der Waals surface area contributed by atoms with Gasteiger partial charge in [-0.05, 0) is 19.9 Å². The highest BCUT2D eigenvalue weighted by Gasteiger charge is 2.12. The lowest BCUT2D eigenvalue weighted by molar-refractivity contribution is -0.130. The molecule has 5 heteroatoms. The van der Waals surface area contributed by atoms with E-state index in [0.29, 0.717) is 5.69 Å². The molecule has 0 amide bonds. The number of ether oxygens (including phenoxy) is 1. The van der Waals surface area contributed by atoms with Crippen molar-refractivity contribution in [3.8, 4) is 5.75 Å². The summed E-state index contributed by atoms with van der Waals surface area (Å²) in [6, 6.07) is 1.26. The Morgan fingerprint density at radius 3 is 2.62 bits per heavy atom. The third kappa shape index (κ3) is 2.66. The van der Waals surface area contributed by atoms with Crippen LogP contribution in [0.2, 0.25) is 0 Å². The van der Waals surface area contributed by atoms with Gasteiger partial charge in [-0.2, -0.15) is 0 Å². The molecule has 0 bridgehead atoms. The number of carbonyl (C=O) groups is 2. The maximum atomic E-state index is 11.2. The van der Waals surface area contributed by atoms with Gasteiger partial charge in [0.15, 0.2) is 0 Å². The Bertz CT molecular complexity index is 465. The number of carboxylic acids is 1. The second kappa shape index (κ2) is 4.57. The van der Waals surface area contributed by atoms with Crippen molar-refractivity contribution in [1.82, 2.24) is 4.98 Å². The molecule has 1 aromatic rings. The molecule has 84 valence electrons. The molecule has 0 saturated carbocycles. The predicted molar refractivity (Wildman–Crippen MR) is 56.4 cm³/mol. The van der Waals surface area contributed by atoms with Crippen LogP contribution in [-0.2, 0) is 4.79 Å². The molecule has 0 atom stereocenters. The zero-order valence-corrected chi connectivity index (χ0v) is 8.98. The molecule has 0 fully saturated rings. The van der Waals surface area contributed by atoms with Gasteiger partial charge in [0.1, 0.15) is 5.75 Å². The Hall–Kier alpha value is -2.17. The fraction of sp³-hybridized carbons (Fsp3) is 0.182. The minimum Gasteiger partial charge on any atom is -0.478 e. The van der Waals surface area contributed by atoms with Gasteiger partial charge in [0.05, 0.1) is 17.5 Å². The summed E-state index contributed by atoms with van der Waals surface area (Å²) < 4.78 is 4.86. The van der Waals surface area contributed by atoms with E-state index in [9.17, 15) is 9.59 Å². The van der Waals surface area contributed by atoms with E-state index < -0.39 is 11.9 Å². The molecule has 1 heterocycles. The van der Waals surface area contributed by atoms with Gasteiger partial charge in [0.25, 0.3) is 0 Å². The topological polar surface area (TPSA) is 76.5 Å². The largest absolute Gasteiger partial charge is 0.478 e. The van der Waals surface area contributed by atoms with Gasteiger partial charge in [-0.1, -0.05) is 6.58 Å². The van der Waals surface area contributed by atoms with Crippen LogP contribution in [0.5, 0.6) is 5.75 Å². The quantitative estimate of drug-likeness (QED) is 0.619. The molecule has 0 aromatic carbocycles. The molecule has 16 heavy (non-hydrogen) atoms. The van der Waals surface area contributed by atoms with Crippen molar-refractivity contribution in [2.45, 2.75) is 13.8 Å². The highest BCUT2D eigenvalue weighted by molar-refractivity contribution is 5.91. The number of nitrogens with zero attached hydrogens (tertiary/aromatic N) is 1. The summed E-state index contributed by atoms with van der Waals surface area (Å²) in [4.78, 5) is 25.8. The highest BCUT2D eigenvalue weighted by atomic mass is 16.5. The number of hydrogen-bond donors (Lipinski definition) is 1. The van der Waals surface area contributed by atoms with Gasteiger partial charge >= 0.3 is 11.9 Å². The Balaban J connectivity index is 3.00. The van der Waals surface area contributed by atoms with E-state index in [4.69, 9.17) is 9.84 Å². The molecule has 1 rings (SSSR count). The third-order valence-electron chi connectivity index (χ3n) is 1.85. The zero-order chi connectivity index (χ0) is 12.3. The van der Waals surface area contributed by atoms with Gasteiger partial charge in [0.2, 0.25) is 0 Å². The van der Waals surface area contributed by atoms with Crippen LogP contribution < -0.4 is 4.74 Å². The van der Waals surface area contributed by atoms with Gasteiger partial charge < -0.3 is 9.84 Å². The van der Waals surface area contributed by atoms with Gasteiger partial charge in [-0.25, -0.2) is 9.59 Å². The second-order valence-electron chi connectivity index (χ2n) is 3.28. The lowest BCUT2D eigenvalue weighted by Crippen LogP contribution is -2.10. The Kier molecular flexibility index (Phi) is 3.40. The van der Waals surface area contributed by atoms with Crippen LogP contribution >= 0.6 is 0 Å². The molecule has 0 radical (unpaired) electrons. The first-order valence-electron chi connectivity index (χ1n) is 4.49. The van der Waals surface area contributed by atoms with Gasteiger partial charge in [-0.3, -0.25) is 4.98 Å². The average Bonchev–Trinajstić information content (AvgIpc) is 2.20. The van der Waals surface area contributed by atoms with E-state index in [-0.39, 0.29) is 16.9 Å². The summed E-state index contributed by atoms with van der Waals surface area (Å²) in [5.41, 5.74) is 0.604. The summed E-state index contributed by atoms with van der Waals surface area (Å²) in [5.74, 6) is -1.63. The molecule has 0 unspecified atom stereocenters. The fourth-order valence-electron chi connectivity index (χ4n) is 0.980. The van der Waals surface area contributed by atoms with Crippen LogP contribution in [0.1, 0.15) is 23.0 Å². The first-order chi connectivity index (χ1) is 7.41. The number of aromatic nitrogens is 1. The maximum absolute atomic E-state index is 11.2. The van der Waals surface area contributed by atoms with E-state index in [1.54, 1.807) is 6.92 Å². The molecule has 0 spiro atoms. The number of pyridine rings is 1. The average molecular weight is 221 g/mol. The molecular weight excluding hydrogens is 210 g/mol. The summed E-state index contributed by atoms with van der Waals surface area (Å²) in [5, 5.41) is 8.84. The molecule has 5 nitrogen and oxygen atoms in total. The van der Waals surface area contributed by atoms with Crippen molar-refractivity contribution in [2.24, 2.45) is 0 Å². The Morgan fingerprint density at radius 1 is 1.50 bits per heavy atom. The minimum absolute atomic E-state index is 0.00650. The number of rotatable bonds is 3. The van der Waals surface area contributed by atoms with Crippen LogP contribution in [0.25, 0.3) is 0 Å². The number of esters is 1. The maximum Gasteiger partial charge on any atom is 0.338 e. The van der Waals surface area contributed by atoms with Crippen LogP contribution in [-0.4, -0.2) is 22.0 Å². The predicted octanol–water partition coefficient (Wildman–Crippen LogP) is 1.57. The number of carboxylic acid groups (broad SMARTS) is 1. The van der Waals surface area contributed by atoms with Crippen LogP contribution in [0.3, 0.4) is 0 Å². The van der Waals surface area contributed by atoms with Crippen molar-refractivity contribution in [3.05, 3.63) is 35.7 Å². The first kappa shape index (κ1) is 11.9. The van der Waals surface area contributed by atoms with E-state index in [0.717, 1.165) is 0 Å². The van der Waals surface area contributed by atoms with Crippen LogP contribution in [0, 0.1) is 6.92 Å². The Morgan fingerprint density at radius 2 is 2.12 bits per heavy atom. The standard InChI is InChI=1S/C11H11NO4/c1-6(2)11(15)16-8-4-9(10(13)14)7(3)12-5-8/h4-5H,1H2,2-3H3,(H,13,14). The molecule has 0 saturated heterocycles. The number of aromatic carboxylic acids is 1. The van der Waals surface area contributed by atoms with E-state index >= 15 is 0 Å². The minimum atomic E-state index is -1.11. The number of carbonyl (C=O) groups excluding carboxylic acids is 1. The van der Waals surface area contributed by atoms with Crippen molar-refractivity contribution in [2.75, 3.05) is 0 Å². The summed E-state index contributed by atoms with van der Waals surface area (Å²) in [6.07, 6.45) is 1.29. The van der Waals surface area contributed by atoms with Gasteiger partial charge in [-0.15, -0.1) is 0 Å². The molecule has 0 aliphatic rings. The lowest BCUT2D eigenvalue weighted by Gasteiger charge is -2.05. The highest BCUT2D eigenvalue weighted by Crippen LogP contribution is 2.15. The third-order valence-corrected chi connectivity index (χ3v) is 1.85. The number of hydrogen-bond acceptors (Lipinski definition) is 4. The zero-order valence-electron chi connectivity index (χ0n) is 8.98. The molecule has 0 aliphatic carbocycles. The van der Waals surface area contributed by atoms with E-state index in [1.165, 1.54) is 19.2 Å². The van der Waals surface area contributed by atoms with E-state index in [1.807, 2.05) is 0 Å². The van der Waals surface area contributed by atoms with Crippen molar-refractivity contribution >= 4 is 11.9 Å². The van der Waals surface area contributed by atoms with Crippen LogP contribution in [0.4, 0.5) is 0 Å². The summed E-state index contributed by atoms with van der Waals surface area (Å²) in [7, 11) is 0. The SMILES string of the molecule is C=C(C)C(=O)Oc1cnc(C)c(C(=O)O)c1. The summed E-state index contributed by atoms with van der Waals surface area (Å²) >= 11 is 0. The second-order valence-corrected chi connectivity index (χ2v) is 3.28. The van der Waals surface area contributed by atoms with Crippen molar-refractivity contribution in [3.63, 3.8) is 0 Å². The van der Waals surface area contributed by atoms with Crippen molar-refractivity contribution in [1.29, 1.82) is 0 Å². The molecule has 1 N–H and O–H groups in total. The van der Waals surface area contributed by atoms with E-state index in [2.05, 4.69) is 11.6 Å². The smallest absolute Gasteiger partial charge is 0.338 e. The first-order valence-corrected chi connectivity index (χ1v) is 4.49. The normalized spacial score (nSPS) is 9.62.